The third-order valence-electron chi connectivity index (χ3n) is 6.39. The molecule has 0 radical (unpaired) electrons. The lowest BCUT2D eigenvalue weighted by atomic mass is 9.99. The number of hydrogen-bond donors (Lipinski definition) is 0. The molecule has 1 atom stereocenters. The zero-order chi connectivity index (χ0) is 20.4. The Kier molecular flexibility index (Phi) is 5.74. The van der Waals surface area contributed by atoms with Crippen molar-refractivity contribution in [2.24, 2.45) is 5.92 Å². The first kappa shape index (κ1) is 19.7. The Hall–Kier alpha value is -2.56. The van der Waals surface area contributed by atoms with Crippen molar-refractivity contribution in [3.63, 3.8) is 0 Å². The van der Waals surface area contributed by atoms with Crippen molar-refractivity contribution in [3.05, 3.63) is 59.9 Å². The van der Waals surface area contributed by atoms with E-state index < -0.39 is 0 Å². The van der Waals surface area contributed by atoms with Gasteiger partial charge in [0.1, 0.15) is 6.54 Å². The largest absolute Gasteiger partial charge is 0.348 e. The van der Waals surface area contributed by atoms with Gasteiger partial charge in [0.25, 0.3) is 0 Å². The van der Waals surface area contributed by atoms with Gasteiger partial charge in [-0.3, -0.25) is 9.59 Å². The number of amides is 2. The fraction of sp³-hybridized carbons (Fsp3) is 0.500. The second kappa shape index (κ2) is 8.44. The van der Waals surface area contributed by atoms with Crippen molar-refractivity contribution in [2.45, 2.75) is 58.2 Å². The lowest BCUT2D eigenvalue weighted by molar-refractivity contribution is -0.145. The number of carbonyl (C=O) groups excluding carboxylic acids is 2. The average molecular weight is 394 g/mol. The molecule has 2 amide bonds. The number of fused-ring (bicyclic) bond motifs is 1. The molecule has 2 aliphatic rings. The molecule has 1 aromatic carbocycles. The van der Waals surface area contributed by atoms with Crippen molar-refractivity contribution in [3.8, 4) is 0 Å². The number of hydrogen-bond acceptors (Lipinski definition) is 2. The van der Waals surface area contributed by atoms with Gasteiger partial charge in [0, 0.05) is 36.9 Å². The minimum absolute atomic E-state index is 0.0240. The molecular weight excluding hydrogens is 362 g/mol. The lowest BCUT2D eigenvalue weighted by Crippen LogP contribution is -2.50. The first-order valence-electron chi connectivity index (χ1n) is 10.9. The van der Waals surface area contributed by atoms with Gasteiger partial charge >= 0.3 is 0 Å². The SMILES string of the molecule is CC(C)N(CC(=O)N1CCn2cccc2[C@@H]1c1ccccc1)C(=O)C1CCCC1. The summed E-state index contributed by atoms with van der Waals surface area (Å²) in [5.74, 6) is 0.280. The highest BCUT2D eigenvalue weighted by molar-refractivity contribution is 5.86. The van der Waals surface area contributed by atoms with Gasteiger partial charge in [-0.1, -0.05) is 43.2 Å². The third kappa shape index (κ3) is 3.96. The number of benzene rings is 1. The van der Waals surface area contributed by atoms with Gasteiger partial charge in [0.2, 0.25) is 11.8 Å². The van der Waals surface area contributed by atoms with Crippen LogP contribution in [-0.4, -0.2) is 45.3 Å². The zero-order valence-electron chi connectivity index (χ0n) is 17.5. The summed E-state index contributed by atoms with van der Waals surface area (Å²) in [6.07, 6.45) is 6.24. The van der Waals surface area contributed by atoms with Crippen molar-refractivity contribution < 1.29 is 9.59 Å². The molecule has 4 rings (SSSR count). The van der Waals surface area contributed by atoms with Gasteiger partial charge in [-0.2, -0.15) is 0 Å². The Morgan fingerprint density at radius 3 is 2.45 bits per heavy atom. The molecule has 2 heterocycles. The second-order valence-corrected chi connectivity index (χ2v) is 8.57. The Balaban J connectivity index is 1.58. The number of rotatable bonds is 5. The van der Waals surface area contributed by atoms with E-state index in [2.05, 4.69) is 29.0 Å². The zero-order valence-corrected chi connectivity index (χ0v) is 17.5. The Morgan fingerprint density at radius 2 is 1.76 bits per heavy atom. The first-order valence-corrected chi connectivity index (χ1v) is 10.9. The van der Waals surface area contributed by atoms with E-state index in [1.54, 1.807) is 4.90 Å². The fourth-order valence-corrected chi connectivity index (χ4v) is 4.80. The van der Waals surface area contributed by atoms with Gasteiger partial charge in [0.05, 0.1) is 6.04 Å². The first-order chi connectivity index (χ1) is 14.1. The van der Waals surface area contributed by atoms with E-state index in [0.717, 1.165) is 43.5 Å². The third-order valence-corrected chi connectivity index (χ3v) is 6.39. The van der Waals surface area contributed by atoms with Gasteiger partial charge in [-0.25, -0.2) is 0 Å². The molecule has 154 valence electrons. The van der Waals surface area contributed by atoms with E-state index in [1.807, 2.05) is 43.0 Å². The summed E-state index contributed by atoms with van der Waals surface area (Å²) in [6, 6.07) is 14.3. The standard InChI is InChI=1S/C24H31N3O2/c1-18(2)27(24(29)20-11-6-7-12-20)17-22(28)26-16-15-25-14-8-13-21(25)23(26)19-9-4-3-5-10-19/h3-5,8-10,13-14,18,20,23H,6-7,11-12,15-17H2,1-2H3/t23-/m0/s1. The molecule has 1 fully saturated rings. The highest BCUT2D eigenvalue weighted by atomic mass is 16.2. The van der Waals surface area contributed by atoms with Crippen LogP contribution in [0.25, 0.3) is 0 Å². The summed E-state index contributed by atoms with van der Waals surface area (Å²) in [5, 5.41) is 0. The van der Waals surface area contributed by atoms with Crippen LogP contribution in [0.3, 0.4) is 0 Å². The van der Waals surface area contributed by atoms with Crippen LogP contribution in [0.15, 0.2) is 48.7 Å². The van der Waals surface area contributed by atoms with E-state index in [0.29, 0.717) is 6.54 Å². The molecule has 2 aromatic rings. The molecular formula is C24H31N3O2. The van der Waals surface area contributed by atoms with E-state index in [9.17, 15) is 9.59 Å². The molecule has 0 N–H and O–H groups in total. The Bertz CT molecular complexity index is 852. The van der Waals surface area contributed by atoms with Gasteiger partial charge in [0.15, 0.2) is 0 Å². The van der Waals surface area contributed by atoms with Crippen molar-refractivity contribution in [2.75, 3.05) is 13.1 Å². The molecule has 1 aromatic heterocycles. The summed E-state index contributed by atoms with van der Waals surface area (Å²) < 4.78 is 2.23. The van der Waals surface area contributed by atoms with E-state index in [1.165, 1.54) is 0 Å². The predicted molar refractivity (Wildman–Crippen MR) is 113 cm³/mol. The minimum atomic E-state index is -0.108. The average Bonchev–Trinajstić information content (AvgIpc) is 3.42. The smallest absolute Gasteiger partial charge is 0.243 e. The Labute approximate surface area is 173 Å². The topological polar surface area (TPSA) is 45.6 Å². The maximum atomic E-state index is 13.5. The predicted octanol–water partition coefficient (Wildman–Crippen LogP) is 3.85. The monoisotopic (exact) mass is 393 g/mol. The number of aromatic nitrogens is 1. The summed E-state index contributed by atoms with van der Waals surface area (Å²) in [4.78, 5) is 30.3. The molecule has 0 unspecified atom stereocenters. The molecule has 5 nitrogen and oxygen atoms in total. The van der Waals surface area contributed by atoms with Crippen LogP contribution in [0.4, 0.5) is 0 Å². The Morgan fingerprint density at radius 1 is 1.03 bits per heavy atom. The molecule has 29 heavy (non-hydrogen) atoms. The maximum absolute atomic E-state index is 13.5. The van der Waals surface area contributed by atoms with E-state index >= 15 is 0 Å². The van der Waals surface area contributed by atoms with Crippen LogP contribution in [0.2, 0.25) is 0 Å². The number of carbonyl (C=O) groups is 2. The molecule has 5 heteroatoms. The van der Waals surface area contributed by atoms with Crippen LogP contribution in [0, 0.1) is 5.92 Å². The van der Waals surface area contributed by atoms with Crippen LogP contribution >= 0.6 is 0 Å². The van der Waals surface area contributed by atoms with Crippen LogP contribution in [0.5, 0.6) is 0 Å². The fourth-order valence-electron chi connectivity index (χ4n) is 4.80. The van der Waals surface area contributed by atoms with E-state index in [-0.39, 0.29) is 36.4 Å². The highest BCUT2D eigenvalue weighted by Crippen LogP contribution is 2.33. The minimum Gasteiger partial charge on any atom is -0.348 e. The van der Waals surface area contributed by atoms with Gasteiger partial charge in [-0.15, -0.1) is 0 Å². The van der Waals surface area contributed by atoms with Crippen LogP contribution in [0.1, 0.15) is 56.8 Å². The van der Waals surface area contributed by atoms with Gasteiger partial charge < -0.3 is 14.4 Å². The molecule has 1 aliphatic heterocycles. The molecule has 0 bridgehead atoms. The summed E-state index contributed by atoms with van der Waals surface area (Å²) in [5.41, 5.74) is 2.24. The second-order valence-electron chi connectivity index (χ2n) is 8.57. The lowest BCUT2D eigenvalue weighted by Gasteiger charge is -2.39. The molecule has 0 saturated heterocycles. The van der Waals surface area contributed by atoms with Gasteiger partial charge in [-0.05, 0) is 44.4 Å². The number of nitrogens with zero attached hydrogens (tertiary/aromatic N) is 3. The molecule has 0 spiro atoms. The molecule has 1 aliphatic carbocycles. The van der Waals surface area contributed by atoms with Crippen LogP contribution in [-0.2, 0) is 16.1 Å². The van der Waals surface area contributed by atoms with Crippen LogP contribution < -0.4 is 0 Å². The quantitative estimate of drug-likeness (QED) is 0.775. The maximum Gasteiger partial charge on any atom is 0.243 e. The molecule has 1 saturated carbocycles. The summed E-state index contributed by atoms with van der Waals surface area (Å²) in [7, 11) is 0. The summed E-state index contributed by atoms with van der Waals surface area (Å²) >= 11 is 0. The highest BCUT2D eigenvalue weighted by Gasteiger charge is 2.35. The normalized spacial score (nSPS) is 19.4. The van der Waals surface area contributed by atoms with Crippen molar-refractivity contribution >= 4 is 11.8 Å². The van der Waals surface area contributed by atoms with Crippen molar-refractivity contribution in [1.29, 1.82) is 0 Å². The van der Waals surface area contributed by atoms with E-state index in [4.69, 9.17) is 0 Å². The summed E-state index contributed by atoms with van der Waals surface area (Å²) in [6.45, 7) is 5.63. The van der Waals surface area contributed by atoms with Crippen molar-refractivity contribution in [1.82, 2.24) is 14.4 Å².